The van der Waals surface area contributed by atoms with Gasteiger partial charge in [-0.3, -0.25) is 4.79 Å². The quantitative estimate of drug-likeness (QED) is 0.755. The van der Waals surface area contributed by atoms with Crippen LogP contribution in [0, 0.1) is 0 Å². The lowest BCUT2D eigenvalue weighted by Crippen LogP contribution is -2.36. The van der Waals surface area contributed by atoms with E-state index in [-0.39, 0.29) is 5.91 Å². The van der Waals surface area contributed by atoms with Crippen LogP contribution >= 0.6 is 11.3 Å². The lowest BCUT2D eigenvalue weighted by molar-refractivity contribution is -0.122. The minimum atomic E-state index is -0.483. The fraction of sp³-hybridized carbons (Fsp3) is 0.300. The van der Waals surface area contributed by atoms with E-state index in [0.717, 1.165) is 58.7 Å². The number of nitrogens with one attached hydrogen (secondary N) is 1. The third-order valence-corrected chi connectivity index (χ3v) is 5.94. The van der Waals surface area contributed by atoms with E-state index in [1.807, 2.05) is 42.5 Å². The smallest absolute Gasteiger partial charge is 0.265 e. The number of carbonyl (C=O) groups is 1. The largest absolute Gasteiger partial charge is 0.480 e. The maximum atomic E-state index is 12.6. The van der Waals surface area contributed by atoms with Gasteiger partial charge in [-0.1, -0.05) is 29.5 Å². The Bertz CT molecular complexity index is 972. The topological polar surface area (TPSA) is 63.7 Å². The lowest BCUT2D eigenvalue weighted by atomic mass is 10.1. The summed E-state index contributed by atoms with van der Waals surface area (Å²) in [6.45, 7) is 3.20. The van der Waals surface area contributed by atoms with Crippen LogP contribution in [-0.2, 0) is 16.0 Å². The van der Waals surface area contributed by atoms with Crippen molar-refractivity contribution in [2.24, 2.45) is 0 Å². The van der Waals surface area contributed by atoms with Gasteiger partial charge in [0.05, 0.1) is 23.4 Å². The van der Waals surface area contributed by atoms with Crippen molar-refractivity contribution in [1.82, 2.24) is 4.98 Å². The molecule has 2 aliphatic rings. The highest BCUT2D eigenvalue weighted by molar-refractivity contribution is 7.22. The Morgan fingerprint density at radius 1 is 1.19 bits per heavy atom. The van der Waals surface area contributed by atoms with Gasteiger partial charge < -0.3 is 19.7 Å². The molecule has 0 spiro atoms. The number of hydrogen-bond acceptors (Lipinski definition) is 6. The number of anilines is 2. The first kappa shape index (κ1) is 16.5. The van der Waals surface area contributed by atoms with Crippen molar-refractivity contribution in [3.05, 3.63) is 48.0 Å². The zero-order chi connectivity index (χ0) is 18.2. The Balaban J connectivity index is 1.31. The number of ether oxygens (including phenoxy) is 2. The zero-order valence-electron chi connectivity index (χ0n) is 14.7. The molecule has 6 nitrogen and oxygen atoms in total. The second kappa shape index (κ2) is 6.83. The number of fused-ring (bicyclic) bond motifs is 2. The van der Waals surface area contributed by atoms with Crippen molar-refractivity contribution in [1.29, 1.82) is 0 Å². The van der Waals surface area contributed by atoms with Crippen LogP contribution in [0.2, 0.25) is 0 Å². The van der Waals surface area contributed by atoms with E-state index in [9.17, 15) is 4.79 Å². The molecule has 7 heteroatoms. The minimum Gasteiger partial charge on any atom is -0.480 e. The van der Waals surface area contributed by atoms with E-state index in [1.165, 1.54) is 0 Å². The molecule has 0 radical (unpaired) electrons. The van der Waals surface area contributed by atoms with E-state index in [4.69, 9.17) is 14.5 Å². The summed E-state index contributed by atoms with van der Waals surface area (Å²) in [7, 11) is 0. The lowest BCUT2D eigenvalue weighted by Gasteiger charge is -2.25. The molecule has 5 rings (SSSR count). The Labute approximate surface area is 160 Å². The summed E-state index contributed by atoms with van der Waals surface area (Å²) >= 11 is 1.64. The number of nitrogens with zero attached hydrogens (tertiary/aromatic N) is 2. The van der Waals surface area contributed by atoms with Crippen LogP contribution in [-0.4, -0.2) is 43.3 Å². The van der Waals surface area contributed by atoms with E-state index in [1.54, 1.807) is 11.3 Å². The molecule has 1 N–H and O–H groups in total. The number of benzene rings is 2. The van der Waals surface area contributed by atoms with Gasteiger partial charge in [-0.15, -0.1) is 0 Å². The van der Waals surface area contributed by atoms with Gasteiger partial charge >= 0.3 is 0 Å². The monoisotopic (exact) mass is 381 g/mol. The van der Waals surface area contributed by atoms with Crippen LogP contribution in [0.3, 0.4) is 0 Å². The Kier molecular flexibility index (Phi) is 4.18. The van der Waals surface area contributed by atoms with Gasteiger partial charge in [0.1, 0.15) is 5.75 Å². The molecule has 2 aliphatic heterocycles. The van der Waals surface area contributed by atoms with Gasteiger partial charge in [0.2, 0.25) is 0 Å². The fourth-order valence-corrected chi connectivity index (χ4v) is 4.49. The van der Waals surface area contributed by atoms with Crippen molar-refractivity contribution < 1.29 is 14.3 Å². The van der Waals surface area contributed by atoms with Gasteiger partial charge in [0, 0.05) is 25.2 Å². The number of amides is 1. The molecule has 1 saturated heterocycles. The summed E-state index contributed by atoms with van der Waals surface area (Å²) in [6.07, 6.45) is 0.120. The van der Waals surface area contributed by atoms with Gasteiger partial charge in [-0.05, 0) is 29.8 Å². The molecule has 1 amide bonds. The molecule has 3 heterocycles. The minimum absolute atomic E-state index is 0.122. The molecule has 27 heavy (non-hydrogen) atoms. The SMILES string of the molecule is O=C(Nc1ccc2nc(N3CCOCC3)sc2c1)[C@@H]1Cc2ccccc2O1. The molecule has 138 valence electrons. The summed E-state index contributed by atoms with van der Waals surface area (Å²) in [5.41, 5.74) is 2.79. The molecule has 0 unspecified atom stereocenters. The summed E-state index contributed by atoms with van der Waals surface area (Å²) in [4.78, 5) is 19.6. The molecule has 3 aromatic rings. The first-order chi connectivity index (χ1) is 13.3. The third kappa shape index (κ3) is 3.24. The summed E-state index contributed by atoms with van der Waals surface area (Å²) in [5, 5.41) is 3.99. The van der Waals surface area contributed by atoms with Crippen LogP contribution in [0.4, 0.5) is 10.8 Å². The van der Waals surface area contributed by atoms with Crippen LogP contribution in [0.5, 0.6) is 5.75 Å². The molecule has 1 aromatic heterocycles. The van der Waals surface area contributed by atoms with Crippen molar-refractivity contribution in [2.45, 2.75) is 12.5 Å². The number of thiazole rings is 1. The number of hydrogen-bond donors (Lipinski definition) is 1. The zero-order valence-corrected chi connectivity index (χ0v) is 15.5. The Hall–Kier alpha value is -2.64. The highest BCUT2D eigenvalue weighted by atomic mass is 32.1. The van der Waals surface area contributed by atoms with Crippen molar-refractivity contribution >= 4 is 38.3 Å². The highest BCUT2D eigenvalue weighted by Crippen LogP contribution is 2.32. The molecular weight excluding hydrogens is 362 g/mol. The van der Waals surface area contributed by atoms with Crippen LogP contribution in [0.15, 0.2) is 42.5 Å². The van der Waals surface area contributed by atoms with Crippen LogP contribution in [0.1, 0.15) is 5.56 Å². The van der Waals surface area contributed by atoms with Crippen molar-refractivity contribution in [2.75, 3.05) is 36.5 Å². The number of morpholine rings is 1. The Morgan fingerprint density at radius 3 is 2.89 bits per heavy atom. The number of carbonyl (C=O) groups excluding carboxylic acids is 1. The predicted octanol–water partition coefficient (Wildman–Crippen LogP) is 3.08. The third-order valence-electron chi connectivity index (χ3n) is 4.87. The molecule has 1 atom stereocenters. The molecule has 0 saturated carbocycles. The van der Waals surface area contributed by atoms with Crippen LogP contribution < -0.4 is 15.0 Å². The van der Waals surface area contributed by atoms with Gasteiger partial charge in [-0.2, -0.15) is 0 Å². The highest BCUT2D eigenvalue weighted by Gasteiger charge is 2.28. The second-order valence-electron chi connectivity index (χ2n) is 6.69. The normalized spacial score (nSPS) is 19.0. The number of aromatic nitrogens is 1. The molecule has 0 aliphatic carbocycles. The summed E-state index contributed by atoms with van der Waals surface area (Å²) in [6, 6.07) is 13.6. The van der Waals surface area contributed by atoms with E-state index in [0.29, 0.717) is 6.42 Å². The Morgan fingerprint density at radius 2 is 2.04 bits per heavy atom. The first-order valence-electron chi connectivity index (χ1n) is 9.05. The van der Waals surface area contributed by atoms with Gasteiger partial charge in [0.25, 0.3) is 5.91 Å². The standard InChI is InChI=1S/C20H19N3O3S/c24-19(17-11-13-3-1-2-4-16(13)26-17)21-14-5-6-15-18(12-14)27-20(22-15)23-7-9-25-10-8-23/h1-6,12,17H,7-11H2,(H,21,24)/t17-/m0/s1. The molecule has 2 aromatic carbocycles. The van der Waals surface area contributed by atoms with Gasteiger partial charge in [0.15, 0.2) is 11.2 Å². The van der Waals surface area contributed by atoms with E-state index < -0.39 is 6.10 Å². The molecule has 1 fully saturated rings. The van der Waals surface area contributed by atoms with Crippen molar-refractivity contribution in [3.8, 4) is 5.75 Å². The average molecular weight is 381 g/mol. The molecular formula is C20H19N3O3S. The maximum absolute atomic E-state index is 12.6. The maximum Gasteiger partial charge on any atom is 0.265 e. The number of para-hydroxylation sites is 1. The predicted molar refractivity (Wildman–Crippen MR) is 106 cm³/mol. The van der Waals surface area contributed by atoms with Gasteiger partial charge in [-0.25, -0.2) is 4.98 Å². The van der Waals surface area contributed by atoms with Crippen LogP contribution in [0.25, 0.3) is 10.2 Å². The van der Waals surface area contributed by atoms with Crippen molar-refractivity contribution in [3.63, 3.8) is 0 Å². The molecule has 0 bridgehead atoms. The fourth-order valence-electron chi connectivity index (χ4n) is 3.43. The first-order valence-corrected chi connectivity index (χ1v) is 9.87. The summed E-state index contributed by atoms with van der Waals surface area (Å²) < 4.78 is 12.2. The average Bonchev–Trinajstić information content (AvgIpc) is 3.32. The second-order valence-corrected chi connectivity index (χ2v) is 7.70. The van der Waals surface area contributed by atoms with E-state index in [2.05, 4.69) is 10.2 Å². The van der Waals surface area contributed by atoms with E-state index >= 15 is 0 Å². The number of rotatable bonds is 3. The summed E-state index contributed by atoms with van der Waals surface area (Å²) in [5.74, 6) is 0.675.